The van der Waals surface area contributed by atoms with Crippen molar-refractivity contribution in [2.75, 3.05) is 14.2 Å². The molecular weight excluding hydrogens is 302 g/mol. The van der Waals surface area contributed by atoms with Gasteiger partial charge < -0.3 is 14.5 Å². The van der Waals surface area contributed by atoms with E-state index < -0.39 is 0 Å². The van der Waals surface area contributed by atoms with Crippen LogP contribution >= 0.6 is 0 Å². The number of fused-ring (bicyclic) bond motifs is 1. The maximum atomic E-state index is 12.7. The number of rotatable bonds is 5. The molecule has 3 aromatic rings. The number of para-hydroxylation sites is 1. The summed E-state index contributed by atoms with van der Waals surface area (Å²) in [4.78, 5) is 15.9. The number of H-pyrrole nitrogens is 1. The fourth-order valence-corrected chi connectivity index (χ4v) is 2.72. The largest absolute Gasteiger partial charge is 0.493 e. The van der Waals surface area contributed by atoms with Gasteiger partial charge >= 0.3 is 0 Å². The number of carbonyl (C=O) groups excluding carboxylic acids is 1. The van der Waals surface area contributed by atoms with E-state index in [0.717, 1.165) is 16.5 Å². The zero-order chi connectivity index (χ0) is 17.1. The van der Waals surface area contributed by atoms with Gasteiger partial charge in [-0.05, 0) is 42.8 Å². The molecule has 0 fully saturated rings. The van der Waals surface area contributed by atoms with Crippen LogP contribution in [0.2, 0.25) is 0 Å². The minimum absolute atomic E-state index is 0.0405. The Hall–Kier alpha value is -3.01. The number of aromatic amines is 1. The van der Waals surface area contributed by atoms with Gasteiger partial charge in [0.1, 0.15) is 0 Å². The molecule has 0 saturated carbocycles. The maximum absolute atomic E-state index is 12.7. The SMILES string of the molecule is COc1ccc(C(=O)C(C)=Cc2c[nH]c3ccccc23)cc1OC. The first-order valence-electron chi connectivity index (χ1n) is 7.65. The zero-order valence-electron chi connectivity index (χ0n) is 13.9. The number of hydrogen-bond acceptors (Lipinski definition) is 3. The Bertz CT molecular complexity index is 922. The summed E-state index contributed by atoms with van der Waals surface area (Å²) in [7, 11) is 3.13. The standard InChI is InChI=1S/C20H19NO3/c1-13(10-15-12-21-17-7-5-4-6-16(15)17)20(22)14-8-9-18(23-2)19(11-14)24-3/h4-12,21H,1-3H3. The van der Waals surface area contributed by atoms with Crippen LogP contribution in [-0.2, 0) is 0 Å². The van der Waals surface area contributed by atoms with Gasteiger partial charge in [-0.2, -0.15) is 0 Å². The van der Waals surface area contributed by atoms with Crippen molar-refractivity contribution in [3.8, 4) is 11.5 Å². The Morgan fingerprint density at radius 1 is 1.04 bits per heavy atom. The molecule has 2 aromatic carbocycles. The monoisotopic (exact) mass is 321 g/mol. The van der Waals surface area contributed by atoms with Crippen LogP contribution in [0.15, 0.2) is 54.2 Å². The third-order valence-electron chi connectivity index (χ3n) is 4.00. The van der Waals surface area contributed by atoms with Gasteiger partial charge in [-0.3, -0.25) is 4.79 Å². The van der Waals surface area contributed by atoms with Crippen LogP contribution in [0.1, 0.15) is 22.8 Å². The molecule has 24 heavy (non-hydrogen) atoms. The predicted molar refractivity (Wildman–Crippen MR) is 95.8 cm³/mol. The van der Waals surface area contributed by atoms with Crippen LogP contribution in [0.25, 0.3) is 17.0 Å². The molecular formula is C20H19NO3. The number of aromatic nitrogens is 1. The predicted octanol–water partition coefficient (Wildman–Crippen LogP) is 4.47. The van der Waals surface area contributed by atoms with Crippen molar-refractivity contribution in [2.45, 2.75) is 6.92 Å². The second-order valence-electron chi connectivity index (χ2n) is 5.52. The Labute approximate surface area is 140 Å². The summed E-state index contributed by atoms with van der Waals surface area (Å²) in [5.74, 6) is 1.11. The second-order valence-corrected chi connectivity index (χ2v) is 5.52. The molecule has 0 spiro atoms. The lowest BCUT2D eigenvalue weighted by atomic mass is 10.0. The number of Topliss-reactive ketones (excluding diaryl/α,β-unsaturated/α-hetero) is 1. The molecule has 0 bridgehead atoms. The van der Waals surface area contributed by atoms with E-state index in [-0.39, 0.29) is 5.78 Å². The number of nitrogens with one attached hydrogen (secondary N) is 1. The Morgan fingerprint density at radius 3 is 2.54 bits per heavy atom. The van der Waals surface area contributed by atoms with E-state index >= 15 is 0 Å². The first-order chi connectivity index (χ1) is 11.6. The minimum atomic E-state index is -0.0405. The minimum Gasteiger partial charge on any atom is -0.493 e. The van der Waals surface area contributed by atoms with E-state index in [2.05, 4.69) is 4.98 Å². The van der Waals surface area contributed by atoms with Crippen LogP contribution in [0.3, 0.4) is 0 Å². The van der Waals surface area contributed by atoms with E-state index in [9.17, 15) is 4.79 Å². The van der Waals surface area contributed by atoms with Crippen molar-refractivity contribution in [3.63, 3.8) is 0 Å². The summed E-state index contributed by atoms with van der Waals surface area (Å²) < 4.78 is 10.5. The normalized spacial score (nSPS) is 11.5. The van der Waals surface area contributed by atoms with Crippen molar-refractivity contribution in [1.29, 1.82) is 0 Å². The van der Waals surface area contributed by atoms with Gasteiger partial charge in [-0.1, -0.05) is 18.2 Å². The highest BCUT2D eigenvalue weighted by atomic mass is 16.5. The lowest BCUT2D eigenvalue weighted by Gasteiger charge is -2.09. The van der Waals surface area contributed by atoms with Crippen molar-refractivity contribution >= 4 is 22.8 Å². The van der Waals surface area contributed by atoms with E-state index in [1.165, 1.54) is 0 Å². The third-order valence-corrected chi connectivity index (χ3v) is 4.00. The number of hydrogen-bond donors (Lipinski definition) is 1. The molecule has 0 amide bonds. The lowest BCUT2D eigenvalue weighted by molar-refractivity contribution is 0.103. The number of allylic oxidation sites excluding steroid dienone is 1. The summed E-state index contributed by atoms with van der Waals surface area (Å²) in [5, 5.41) is 1.09. The summed E-state index contributed by atoms with van der Waals surface area (Å²) in [6.07, 6.45) is 3.81. The van der Waals surface area contributed by atoms with Crippen LogP contribution in [0, 0.1) is 0 Å². The Kier molecular flexibility index (Phi) is 4.38. The summed E-state index contributed by atoms with van der Waals surface area (Å²) in [6.45, 7) is 1.82. The number of ether oxygens (including phenoxy) is 2. The first-order valence-corrected chi connectivity index (χ1v) is 7.65. The molecule has 3 rings (SSSR count). The van der Waals surface area contributed by atoms with Crippen LogP contribution in [0.5, 0.6) is 11.5 Å². The molecule has 0 aliphatic rings. The topological polar surface area (TPSA) is 51.3 Å². The summed E-state index contributed by atoms with van der Waals surface area (Å²) in [6, 6.07) is 13.2. The smallest absolute Gasteiger partial charge is 0.188 e. The molecule has 1 heterocycles. The molecule has 0 radical (unpaired) electrons. The number of ketones is 1. The van der Waals surface area contributed by atoms with E-state index in [4.69, 9.17) is 9.47 Å². The number of methoxy groups -OCH3 is 2. The molecule has 0 unspecified atom stereocenters. The zero-order valence-corrected chi connectivity index (χ0v) is 13.9. The van der Waals surface area contributed by atoms with Crippen LogP contribution < -0.4 is 9.47 Å². The van der Waals surface area contributed by atoms with Gasteiger partial charge in [0.05, 0.1) is 14.2 Å². The summed E-state index contributed by atoms with van der Waals surface area (Å²) in [5.41, 5.74) is 3.28. The van der Waals surface area contributed by atoms with Gasteiger partial charge in [-0.25, -0.2) is 0 Å². The fourth-order valence-electron chi connectivity index (χ4n) is 2.72. The Balaban J connectivity index is 1.94. The quantitative estimate of drug-likeness (QED) is 0.557. The highest BCUT2D eigenvalue weighted by Gasteiger charge is 2.13. The van der Waals surface area contributed by atoms with E-state index in [0.29, 0.717) is 22.6 Å². The lowest BCUT2D eigenvalue weighted by Crippen LogP contribution is -2.02. The third kappa shape index (κ3) is 2.91. The van der Waals surface area contributed by atoms with Crippen molar-refractivity contribution in [2.24, 2.45) is 0 Å². The molecule has 0 aliphatic carbocycles. The van der Waals surface area contributed by atoms with E-state index in [1.54, 1.807) is 32.4 Å². The van der Waals surface area contributed by atoms with Gasteiger partial charge in [0, 0.05) is 28.2 Å². The molecule has 0 atom stereocenters. The molecule has 1 N–H and O–H groups in total. The fraction of sp³-hybridized carbons (Fsp3) is 0.150. The number of benzene rings is 2. The van der Waals surface area contributed by atoms with Gasteiger partial charge in [0.2, 0.25) is 0 Å². The molecule has 1 aromatic heterocycles. The molecule has 0 aliphatic heterocycles. The van der Waals surface area contributed by atoms with E-state index in [1.807, 2.05) is 43.5 Å². The molecule has 4 nitrogen and oxygen atoms in total. The van der Waals surface area contributed by atoms with Crippen LogP contribution in [0.4, 0.5) is 0 Å². The van der Waals surface area contributed by atoms with Gasteiger partial charge in [0.15, 0.2) is 17.3 Å². The Morgan fingerprint density at radius 2 is 1.79 bits per heavy atom. The van der Waals surface area contributed by atoms with Crippen molar-refractivity contribution in [1.82, 2.24) is 4.98 Å². The average molecular weight is 321 g/mol. The first kappa shape index (κ1) is 15.9. The number of carbonyl (C=O) groups is 1. The maximum Gasteiger partial charge on any atom is 0.188 e. The second kappa shape index (κ2) is 6.62. The van der Waals surface area contributed by atoms with Crippen molar-refractivity contribution < 1.29 is 14.3 Å². The van der Waals surface area contributed by atoms with Gasteiger partial charge in [0.25, 0.3) is 0 Å². The molecule has 0 saturated heterocycles. The average Bonchev–Trinajstić information content (AvgIpc) is 3.03. The van der Waals surface area contributed by atoms with Gasteiger partial charge in [-0.15, -0.1) is 0 Å². The highest BCUT2D eigenvalue weighted by Crippen LogP contribution is 2.29. The molecule has 122 valence electrons. The van der Waals surface area contributed by atoms with Crippen molar-refractivity contribution in [3.05, 3.63) is 65.4 Å². The summed E-state index contributed by atoms with van der Waals surface area (Å²) >= 11 is 0. The highest BCUT2D eigenvalue weighted by molar-refractivity contribution is 6.12. The molecule has 4 heteroatoms. The van der Waals surface area contributed by atoms with Crippen LogP contribution in [-0.4, -0.2) is 25.0 Å².